The Labute approximate surface area is 159 Å². The highest BCUT2D eigenvalue weighted by molar-refractivity contribution is 5.73. The smallest absolute Gasteiger partial charge is 0.309 e. The second-order valence-electron chi connectivity index (χ2n) is 8.37. The van der Waals surface area contributed by atoms with Gasteiger partial charge in [0.1, 0.15) is 0 Å². The molecule has 0 radical (unpaired) electrons. The van der Waals surface area contributed by atoms with Crippen LogP contribution in [0.25, 0.3) is 0 Å². The summed E-state index contributed by atoms with van der Waals surface area (Å²) in [6, 6.07) is 0. The maximum Gasteiger partial charge on any atom is 0.309 e. The van der Waals surface area contributed by atoms with Crippen LogP contribution in [0, 0.1) is 5.41 Å². The molecule has 26 heavy (non-hydrogen) atoms. The molecule has 0 bridgehead atoms. The lowest BCUT2D eigenvalue weighted by molar-refractivity contribution is -0.147. The number of hydrogen-bond acceptors (Lipinski definition) is 4. The average molecular weight is 373 g/mol. The minimum atomic E-state index is -0.974. The normalized spacial score (nSPS) is 17.2. The van der Waals surface area contributed by atoms with Gasteiger partial charge >= 0.3 is 5.97 Å². The number of rotatable bonds is 15. The van der Waals surface area contributed by atoms with E-state index in [4.69, 9.17) is 5.11 Å². The summed E-state index contributed by atoms with van der Waals surface area (Å²) in [6.45, 7) is 7.30. The molecular formula is C21H40O5. The lowest BCUT2D eigenvalue weighted by atomic mass is 9.87. The van der Waals surface area contributed by atoms with Crippen molar-refractivity contribution in [1.82, 2.24) is 0 Å². The molecule has 5 heteroatoms. The summed E-state index contributed by atoms with van der Waals surface area (Å²) < 4.78 is 0. The summed E-state index contributed by atoms with van der Waals surface area (Å²) in [6.07, 6.45) is 9.59. The third-order valence-electron chi connectivity index (χ3n) is 4.96. The molecule has 4 N–H and O–H groups in total. The fraction of sp³-hybridized carbons (Fsp3) is 0.857. The van der Waals surface area contributed by atoms with Gasteiger partial charge in [0, 0.05) is 0 Å². The van der Waals surface area contributed by atoms with Crippen LogP contribution in [-0.2, 0) is 4.79 Å². The van der Waals surface area contributed by atoms with Gasteiger partial charge < -0.3 is 20.4 Å². The molecule has 0 aliphatic heterocycles. The fourth-order valence-corrected chi connectivity index (χ4v) is 2.80. The third-order valence-corrected chi connectivity index (χ3v) is 4.96. The van der Waals surface area contributed by atoms with E-state index < -0.39 is 29.2 Å². The van der Waals surface area contributed by atoms with Crippen LogP contribution in [0.5, 0.6) is 0 Å². The first-order chi connectivity index (χ1) is 12.0. The number of aliphatic hydroxyl groups excluding tert-OH is 2. The quantitative estimate of drug-likeness (QED) is 0.257. The topological polar surface area (TPSA) is 98.0 Å². The van der Waals surface area contributed by atoms with Gasteiger partial charge in [-0.05, 0) is 40.0 Å². The van der Waals surface area contributed by atoms with Crippen LogP contribution in [0.3, 0.4) is 0 Å². The number of carboxylic acid groups (broad SMARTS) is 1. The van der Waals surface area contributed by atoms with Crippen LogP contribution in [0.4, 0.5) is 0 Å². The largest absolute Gasteiger partial charge is 0.481 e. The Morgan fingerprint density at radius 1 is 0.962 bits per heavy atom. The zero-order chi connectivity index (χ0) is 20.2. The molecule has 0 saturated carbocycles. The zero-order valence-electron chi connectivity index (χ0n) is 17.1. The minimum absolute atomic E-state index is 0.492. The van der Waals surface area contributed by atoms with Crippen molar-refractivity contribution in [2.24, 2.45) is 5.41 Å². The molecule has 154 valence electrons. The zero-order valence-corrected chi connectivity index (χ0v) is 17.1. The average Bonchev–Trinajstić information content (AvgIpc) is 2.55. The van der Waals surface area contributed by atoms with E-state index in [1.165, 1.54) is 6.08 Å². The molecule has 0 aromatic rings. The van der Waals surface area contributed by atoms with Gasteiger partial charge in [-0.25, -0.2) is 0 Å². The van der Waals surface area contributed by atoms with E-state index in [0.717, 1.165) is 44.9 Å². The first-order valence-electron chi connectivity index (χ1n) is 10.0. The Morgan fingerprint density at radius 2 is 1.54 bits per heavy atom. The van der Waals surface area contributed by atoms with Gasteiger partial charge in [-0.3, -0.25) is 4.79 Å². The molecule has 0 saturated heterocycles. The summed E-state index contributed by atoms with van der Waals surface area (Å²) in [7, 11) is 0. The maximum atomic E-state index is 11.0. The fourth-order valence-electron chi connectivity index (χ4n) is 2.80. The summed E-state index contributed by atoms with van der Waals surface area (Å²) in [4.78, 5) is 11.0. The van der Waals surface area contributed by atoms with E-state index in [0.29, 0.717) is 19.3 Å². The molecule has 0 spiro atoms. The van der Waals surface area contributed by atoms with Gasteiger partial charge in [-0.15, -0.1) is 0 Å². The van der Waals surface area contributed by atoms with Gasteiger partial charge in [0.05, 0.1) is 23.2 Å². The summed E-state index contributed by atoms with van der Waals surface area (Å²) in [5.41, 5.74) is -1.64. The Bertz CT molecular complexity index is 415. The monoisotopic (exact) mass is 372 g/mol. The SMILES string of the molecule is CCCCCC(C)(O)/C=C/C(O)C(O)CCCCCCC(C)(C)C(=O)O. The molecule has 3 atom stereocenters. The third kappa shape index (κ3) is 11.7. The highest BCUT2D eigenvalue weighted by Gasteiger charge is 2.26. The molecule has 3 unspecified atom stereocenters. The number of carboxylic acids is 1. The van der Waals surface area contributed by atoms with Crippen molar-refractivity contribution >= 4 is 5.97 Å². The molecule has 0 aliphatic rings. The van der Waals surface area contributed by atoms with Crippen LogP contribution in [0.2, 0.25) is 0 Å². The standard InChI is InChI=1S/C21H40O5/c1-5-6-10-15-21(4,26)16-13-18(23)17(22)12-9-7-8-11-14-20(2,3)19(24)25/h13,16-18,22-23,26H,5-12,14-15H2,1-4H3,(H,24,25)/b16-13+. The van der Waals surface area contributed by atoms with Gasteiger partial charge in [-0.2, -0.15) is 0 Å². The molecule has 5 nitrogen and oxygen atoms in total. The van der Waals surface area contributed by atoms with Gasteiger partial charge in [0.25, 0.3) is 0 Å². The van der Waals surface area contributed by atoms with E-state index in [-0.39, 0.29) is 0 Å². The molecule has 0 amide bonds. The first-order valence-corrected chi connectivity index (χ1v) is 10.0. The van der Waals surface area contributed by atoms with E-state index in [1.54, 1.807) is 26.8 Å². The van der Waals surface area contributed by atoms with Crippen LogP contribution < -0.4 is 0 Å². The van der Waals surface area contributed by atoms with E-state index in [9.17, 15) is 20.1 Å². The van der Waals surface area contributed by atoms with Crippen molar-refractivity contribution in [3.8, 4) is 0 Å². The molecule has 0 aromatic carbocycles. The van der Waals surface area contributed by atoms with Crippen LogP contribution in [0.15, 0.2) is 12.2 Å². The Balaban J connectivity index is 4.00. The van der Waals surface area contributed by atoms with Gasteiger partial charge in [-0.1, -0.05) is 64.0 Å². The Hall–Kier alpha value is -0.910. The number of aliphatic carboxylic acids is 1. The van der Waals surface area contributed by atoms with E-state index in [1.807, 2.05) is 0 Å². The van der Waals surface area contributed by atoms with E-state index in [2.05, 4.69) is 6.92 Å². The highest BCUT2D eigenvalue weighted by atomic mass is 16.4. The second-order valence-corrected chi connectivity index (χ2v) is 8.37. The van der Waals surface area contributed by atoms with Crippen molar-refractivity contribution in [3.05, 3.63) is 12.2 Å². The van der Waals surface area contributed by atoms with Crippen LogP contribution >= 0.6 is 0 Å². The lowest BCUT2D eigenvalue weighted by Crippen LogP contribution is -2.26. The predicted molar refractivity (Wildman–Crippen MR) is 105 cm³/mol. The second kappa shape index (κ2) is 12.5. The Morgan fingerprint density at radius 3 is 2.12 bits per heavy atom. The maximum absolute atomic E-state index is 11.0. The number of unbranched alkanes of at least 4 members (excludes halogenated alkanes) is 5. The Kier molecular flexibility index (Phi) is 12.0. The minimum Gasteiger partial charge on any atom is -0.481 e. The lowest BCUT2D eigenvalue weighted by Gasteiger charge is -2.21. The number of hydrogen-bond donors (Lipinski definition) is 4. The van der Waals surface area contributed by atoms with Gasteiger partial charge in [0.2, 0.25) is 0 Å². The first kappa shape index (κ1) is 25.1. The van der Waals surface area contributed by atoms with Crippen LogP contribution in [-0.4, -0.2) is 44.2 Å². The van der Waals surface area contributed by atoms with Gasteiger partial charge in [0.15, 0.2) is 0 Å². The van der Waals surface area contributed by atoms with Crippen molar-refractivity contribution in [3.63, 3.8) is 0 Å². The number of aliphatic hydroxyl groups is 3. The predicted octanol–water partition coefficient (Wildman–Crippen LogP) is 4.05. The molecule has 0 aromatic heterocycles. The molecule has 0 fully saturated rings. The van der Waals surface area contributed by atoms with Crippen LogP contribution in [0.1, 0.15) is 91.9 Å². The van der Waals surface area contributed by atoms with Crippen molar-refractivity contribution in [2.75, 3.05) is 0 Å². The molecule has 0 rings (SSSR count). The van der Waals surface area contributed by atoms with Crippen molar-refractivity contribution < 1.29 is 25.2 Å². The van der Waals surface area contributed by atoms with Crippen molar-refractivity contribution in [2.45, 2.75) is 110 Å². The summed E-state index contributed by atoms with van der Waals surface area (Å²) in [5.74, 6) is -0.770. The van der Waals surface area contributed by atoms with E-state index >= 15 is 0 Å². The highest BCUT2D eigenvalue weighted by Crippen LogP contribution is 2.24. The molecular weight excluding hydrogens is 332 g/mol. The molecule has 0 aliphatic carbocycles. The number of carbonyl (C=O) groups is 1. The summed E-state index contributed by atoms with van der Waals surface area (Å²) in [5, 5.41) is 39.3. The van der Waals surface area contributed by atoms with Crippen molar-refractivity contribution in [1.29, 1.82) is 0 Å². The summed E-state index contributed by atoms with van der Waals surface area (Å²) >= 11 is 0. The molecule has 0 heterocycles.